The van der Waals surface area contributed by atoms with Gasteiger partial charge in [0.25, 0.3) is 0 Å². The molecule has 0 spiro atoms. The molecule has 0 unspecified atom stereocenters. The second-order valence-corrected chi connectivity index (χ2v) is 6.99. The maximum Gasteiger partial charge on any atom is 0.347 e. The zero-order valence-electron chi connectivity index (χ0n) is 11.4. The van der Waals surface area contributed by atoms with E-state index in [4.69, 9.17) is 4.42 Å². The first kappa shape index (κ1) is 15.3. The highest BCUT2D eigenvalue weighted by Gasteiger charge is 2.15. The van der Waals surface area contributed by atoms with Gasteiger partial charge in [-0.2, -0.15) is 4.37 Å². The molecule has 0 saturated heterocycles. The SMILES string of the molecule is CSc1nsc(SCC(=O)c2cc3ccccc3oc2=O)n1. The van der Waals surface area contributed by atoms with Crippen LogP contribution in [0.5, 0.6) is 0 Å². The maximum absolute atomic E-state index is 12.2. The van der Waals surface area contributed by atoms with E-state index >= 15 is 0 Å². The molecule has 2 heterocycles. The predicted octanol–water partition coefficient (Wildman–Crippen LogP) is 3.34. The Bertz CT molecular complexity index is 888. The first-order valence-electron chi connectivity index (χ1n) is 6.24. The third-order valence-corrected chi connectivity index (χ3v) is 5.34. The minimum absolute atomic E-state index is 0.0702. The molecular formula is C14H10N2O3S3. The summed E-state index contributed by atoms with van der Waals surface area (Å²) in [5, 5.41) is 1.42. The van der Waals surface area contributed by atoms with Crippen LogP contribution in [0.2, 0.25) is 0 Å². The molecule has 0 aliphatic carbocycles. The van der Waals surface area contributed by atoms with Crippen molar-refractivity contribution >= 4 is 51.8 Å². The van der Waals surface area contributed by atoms with Gasteiger partial charge in [0.2, 0.25) is 5.16 Å². The Hall–Kier alpha value is -1.64. The van der Waals surface area contributed by atoms with Crippen molar-refractivity contribution in [2.24, 2.45) is 0 Å². The number of rotatable bonds is 5. The first-order chi connectivity index (χ1) is 10.7. The Morgan fingerprint density at radius 3 is 2.95 bits per heavy atom. The van der Waals surface area contributed by atoms with Gasteiger partial charge in [0.05, 0.1) is 5.75 Å². The lowest BCUT2D eigenvalue weighted by Crippen LogP contribution is -2.15. The number of ketones is 1. The fourth-order valence-electron chi connectivity index (χ4n) is 1.80. The van der Waals surface area contributed by atoms with Crippen LogP contribution in [0.4, 0.5) is 0 Å². The molecule has 0 aliphatic rings. The number of aromatic nitrogens is 2. The summed E-state index contributed by atoms with van der Waals surface area (Å²) in [6.07, 6.45) is 1.89. The van der Waals surface area contributed by atoms with Crippen molar-refractivity contribution in [1.82, 2.24) is 9.36 Å². The number of nitrogens with zero attached hydrogens (tertiary/aromatic N) is 2. The molecule has 3 rings (SSSR count). The zero-order valence-corrected chi connectivity index (χ0v) is 13.9. The Morgan fingerprint density at radius 1 is 1.36 bits per heavy atom. The summed E-state index contributed by atoms with van der Waals surface area (Å²) >= 11 is 3.97. The lowest BCUT2D eigenvalue weighted by atomic mass is 10.1. The standard InChI is InChI=1S/C14H10N2O3S3/c1-20-13-15-14(22-16-13)21-7-10(17)9-6-8-4-2-3-5-11(8)19-12(9)18/h2-6H,7H2,1H3. The summed E-state index contributed by atoms with van der Waals surface area (Å²) in [6, 6.07) is 8.69. The highest BCUT2D eigenvalue weighted by Crippen LogP contribution is 2.24. The number of carbonyl (C=O) groups is 1. The Morgan fingerprint density at radius 2 is 2.18 bits per heavy atom. The van der Waals surface area contributed by atoms with Crippen molar-refractivity contribution in [1.29, 1.82) is 0 Å². The molecule has 0 N–H and O–H groups in total. The van der Waals surface area contributed by atoms with Crippen molar-refractivity contribution in [2.45, 2.75) is 9.50 Å². The Balaban J connectivity index is 1.79. The van der Waals surface area contributed by atoms with Gasteiger partial charge in [-0.1, -0.05) is 41.7 Å². The number of thioether (sulfide) groups is 2. The van der Waals surface area contributed by atoms with E-state index in [1.807, 2.05) is 12.3 Å². The van der Waals surface area contributed by atoms with E-state index in [9.17, 15) is 9.59 Å². The van der Waals surface area contributed by atoms with Gasteiger partial charge in [-0.25, -0.2) is 9.78 Å². The molecule has 2 aromatic heterocycles. The predicted molar refractivity (Wildman–Crippen MR) is 89.2 cm³/mol. The normalized spacial score (nSPS) is 11.0. The molecule has 22 heavy (non-hydrogen) atoms. The highest BCUT2D eigenvalue weighted by molar-refractivity contribution is 8.01. The quantitative estimate of drug-likeness (QED) is 0.397. The van der Waals surface area contributed by atoms with E-state index in [2.05, 4.69) is 9.36 Å². The van der Waals surface area contributed by atoms with Gasteiger partial charge in [0, 0.05) is 5.39 Å². The number of benzene rings is 1. The number of hydrogen-bond acceptors (Lipinski definition) is 8. The molecule has 0 atom stereocenters. The fourth-order valence-corrected chi connectivity index (χ4v) is 3.89. The first-order valence-corrected chi connectivity index (χ1v) is 9.22. The van der Waals surface area contributed by atoms with E-state index in [-0.39, 0.29) is 17.1 Å². The Kier molecular flexibility index (Phi) is 4.60. The summed E-state index contributed by atoms with van der Waals surface area (Å²) in [6.45, 7) is 0. The summed E-state index contributed by atoms with van der Waals surface area (Å²) in [5.74, 6) is -0.142. The molecule has 0 aliphatic heterocycles. The summed E-state index contributed by atoms with van der Waals surface area (Å²) < 4.78 is 10.0. The van der Waals surface area contributed by atoms with E-state index in [0.29, 0.717) is 15.1 Å². The molecule has 0 radical (unpaired) electrons. The number of carbonyl (C=O) groups excluding carboxylic acids is 1. The van der Waals surface area contributed by atoms with Crippen molar-refractivity contribution in [3.8, 4) is 0 Å². The molecular weight excluding hydrogens is 340 g/mol. The monoisotopic (exact) mass is 350 g/mol. The lowest BCUT2D eigenvalue weighted by molar-refractivity contribution is 0.101. The average Bonchev–Trinajstić information content (AvgIpc) is 3.00. The van der Waals surface area contributed by atoms with Gasteiger partial charge in [-0.15, -0.1) is 0 Å². The van der Waals surface area contributed by atoms with Crippen LogP contribution in [0.25, 0.3) is 11.0 Å². The van der Waals surface area contributed by atoms with Crippen molar-refractivity contribution in [3.63, 3.8) is 0 Å². The molecule has 0 bridgehead atoms. The number of fused-ring (bicyclic) bond motifs is 1. The Labute approximate surface area is 138 Å². The van der Waals surface area contributed by atoms with Crippen LogP contribution in [0.1, 0.15) is 10.4 Å². The summed E-state index contributed by atoms with van der Waals surface area (Å²) in [4.78, 5) is 28.4. The average molecular weight is 350 g/mol. The lowest BCUT2D eigenvalue weighted by Gasteiger charge is -2.00. The van der Waals surface area contributed by atoms with Gasteiger partial charge >= 0.3 is 5.63 Å². The van der Waals surface area contributed by atoms with Gasteiger partial charge < -0.3 is 4.42 Å². The van der Waals surface area contributed by atoms with Crippen LogP contribution in [0, 0.1) is 0 Å². The van der Waals surface area contributed by atoms with Crippen LogP contribution in [-0.4, -0.2) is 27.1 Å². The van der Waals surface area contributed by atoms with Crippen LogP contribution in [0.15, 0.2) is 49.0 Å². The zero-order chi connectivity index (χ0) is 15.5. The van der Waals surface area contributed by atoms with Gasteiger partial charge in [0.15, 0.2) is 10.1 Å². The van der Waals surface area contributed by atoms with Crippen LogP contribution < -0.4 is 5.63 Å². The van der Waals surface area contributed by atoms with E-state index in [0.717, 1.165) is 5.39 Å². The molecule has 0 fully saturated rings. The fraction of sp³-hybridized carbons (Fsp3) is 0.143. The summed E-state index contributed by atoms with van der Waals surface area (Å²) in [7, 11) is 0. The molecule has 5 nitrogen and oxygen atoms in total. The largest absolute Gasteiger partial charge is 0.422 e. The van der Waals surface area contributed by atoms with Crippen molar-refractivity contribution < 1.29 is 9.21 Å². The topological polar surface area (TPSA) is 73.1 Å². The summed E-state index contributed by atoms with van der Waals surface area (Å²) in [5.41, 5.74) is -0.0578. The number of hydrogen-bond donors (Lipinski definition) is 0. The molecule has 8 heteroatoms. The van der Waals surface area contributed by atoms with Crippen LogP contribution in [-0.2, 0) is 0 Å². The van der Waals surface area contributed by atoms with E-state index < -0.39 is 5.63 Å². The van der Waals surface area contributed by atoms with Crippen LogP contribution in [0.3, 0.4) is 0 Å². The van der Waals surface area contributed by atoms with Crippen molar-refractivity contribution in [2.75, 3.05) is 12.0 Å². The van der Waals surface area contributed by atoms with Crippen LogP contribution >= 0.6 is 35.1 Å². The third kappa shape index (κ3) is 3.23. The minimum atomic E-state index is -0.605. The second kappa shape index (κ2) is 6.64. The van der Waals surface area contributed by atoms with E-state index in [1.54, 1.807) is 24.3 Å². The minimum Gasteiger partial charge on any atom is -0.422 e. The highest BCUT2D eigenvalue weighted by atomic mass is 32.2. The molecule has 0 saturated carbocycles. The third-order valence-electron chi connectivity index (χ3n) is 2.84. The molecule has 0 amide bonds. The second-order valence-electron chi connectivity index (χ2n) is 4.24. The van der Waals surface area contributed by atoms with Gasteiger partial charge in [0.1, 0.15) is 11.1 Å². The molecule has 3 aromatic rings. The smallest absolute Gasteiger partial charge is 0.347 e. The molecule has 112 valence electrons. The number of para-hydroxylation sites is 1. The van der Waals surface area contributed by atoms with Crippen molar-refractivity contribution in [3.05, 3.63) is 46.3 Å². The molecule has 1 aromatic carbocycles. The van der Waals surface area contributed by atoms with Gasteiger partial charge in [-0.05, 0) is 29.9 Å². The maximum atomic E-state index is 12.2. The van der Waals surface area contributed by atoms with Gasteiger partial charge in [-0.3, -0.25) is 4.79 Å². The van der Waals surface area contributed by atoms with E-state index in [1.165, 1.54) is 35.1 Å². The number of Topliss-reactive ketones (excluding diaryl/α,β-unsaturated/α-hetero) is 1.